The Labute approximate surface area is 123 Å². The number of hydrogen-bond donors (Lipinski definition) is 0. The van der Waals surface area contributed by atoms with E-state index in [4.69, 9.17) is 9.47 Å². The lowest BCUT2D eigenvalue weighted by atomic mass is 10.2. The molecule has 0 aromatic heterocycles. The maximum atomic E-state index is 10.7. The molecule has 2 rings (SSSR count). The van der Waals surface area contributed by atoms with Crippen LogP contribution in [0.5, 0.6) is 11.5 Å². The number of nitro groups is 1. The van der Waals surface area contributed by atoms with Crippen LogP contribution in [0, 0.1) is 10.1 Å². The molecule has 0 heterocycles. The summed E-state index contributed by atoms with van der Waals surface area (Å²) >= 11 is 0. The van der Waals surface area contributed by atoms with Crippen molar-refractivity contribution in [3.63, 3.8) is 0 Å². The number of hydrogen-bond acceptors (Lipinski definition) is 4. The van der Waals surface area contributed by atoms with E-state index in [2.05, 4.69) is 6.92 Å². The first kappa shape index (κ1) is 14.8. The summed E-state index contributed by atoms with van der Waals surface area (Å²) in [5.41, 5.74) is 1.23. The Kier molecular flexibility index (Phi) is 5.15. The highest BCUT2D eigenvalue weighted by Gasteiger charge is 2.06. The van der Waals surface area contributed by atoms with Crippen molar-refractivity contribution in [3.05, 3.63) is 64.2 Å². The van der Waals surface area contributed by atoms with Crippen molar-refractivity contribution >= 4 is 5.69 Å². The number of non-ortho nitro benzene ring substituents is 1. The molecule has 5 heteroatoms. The Hall–Kier alpha value is -2.56. The van der Waals surface area contributed by atoms with Crippen LogP contribution in [0.1, 0.15) is 12.5 Å². The Morgan fingerprint density at radius 1 is 1.00 bits per heavy atom. The molecular formula is C16H17NO4. The van der Waals surface area contributed by atoms with Gasteiger partial charge in [0.25, 0.3) is 5.69 Å². The first-order valence-electron chi connectivity index (χ1n) is 6.78. The number of aryl methyl sites for hydroxylation is 1. The van der Waals surface area contributed by atoms with Crippen molar-refractivity contribution < 1.29 is 14.4 Å². The van der Waals surface area contributed by atoms with Crippen LogP contribution in [0.2, 0.25) is 0 Å². The number of nitro benzene ring substituents is 1. The number of rotatable bonds is 7. The van der Waals surface area contributed by atoms with E-state index >= 15 is 0 Å². The molecule has 0 atom stereocenters. The van der Waals surface area contributed by atoms with Crippen molar-refractivity contribution in [1.82, 2.24) is 0 Å². The molecule has 0 aliphatic rings. The molecule has 0 saturated heterocycles. The van der Waals surface area contributed by atoms with Crippen molar-refractivity contribution in [2.45, 2.75) is 13.3 Å². The van der Waals surface area contributed by atoms with E-state index in [-0.39, 0.29) is 5.69 Å². The zero-order valence-electron chi connectivity index (χ0n) is 11.8. The first-order chi connectivity index (χ1) is 10.2. The summed E-state index contributed by atoms with van der Waals surface area (Å²) in [6.07, 6.45) is 0.960. The molecule has 2 aromatic rings. The van der Waals surface area contributed by atoms with Crippen LogP contribution in [0.25, 0.3) is 0 Å². The lowest BCUT2D eigenvalue weighted by Crippen LogP contribution is -2.09. The van der Waals surface area contributed by atoms with E-state index in [9.17, 15) is 10.1 Å². The van der Waals surface area contributed by atoms with Crippen molar-refractivity contribution in [2.75, 3.05) is 13.2 Å². The highest BCUT2D eigenvalue weighted by molar-refractivity contribution is 5.37. The molecule has 0 amide bonds. The van der Waals surface area contributed by atoms with Gasteiger partial charge in [-0.15, -0.1) is 0 Å². The number of nitrogens with zero attached hydrogens (tertiary/aromatic N) is 1. The average molecular weight is 287 g/mol. The summed E-state index contributed by atoms with van der Waals surface area (Å²) in [6, 6.07) is 14.0. The molecule has 0 bridgehead atoms. The lowest BCUT2D eigenvalue weighted by Gasteiger charge is -2.09. The predicted molar refractivity (Wildman–Crippen MR) is 79.9 cm³/mol. The first-order valence-corrected chi connectivity index (χ1v) is 6.78. The number of benzene rings is 2. The van der Waals surface area contributed by atoms with E-state index in [1.54, 1.807) is 12.1 Å². The predicted octanol–water partition coefficient (Wildman–Crippen LogP) is 3.62. The smallest absolute Gasteiger partial charge is 0.273 e. The van der Waals surface area contributed by atoms with Gasteiger partial charge < -0.3 is 9.47 Å². The third-order valence-corrected chi connectivity index (χ3v) is 2.96. The van der Waals surface area contributed by atoms with Crippen LogP contribution in [0.15, 0.2) is 48.5 Å². The monoisotopic (exact) mass is 287 g/mol. The second kappa shape index (κ2) is 7.28. The van der Waals surface area contributed by atoms with E-state index < -0.39 is 4.92 Å². The Balaban J connectivity index is 1.81. The summed E-state index contributed by atoms with van der Waals surface area (Å²) in [7, 11) is 0. The van der Waals surface area contributed by atoms with Crippen molar-refractivity contribution in [3.8, 4) is 11.5 Å². The zero-order chi connectivity index (χ0) is 15.1. The largest absolute Gasteiger partial charge is 0.490 e. The fourth-order valence-electron chi connectivity index (χ4n) is 1.86. The van der Waals surface area contributed by atoms with Gasteiger partial charge in [-0.3, -0.25) is 10.1 Å². The standard InChI is InChI=1S/C16H17NO4/c1-2-13-5-3-7-15(11-13)20-9-10-21-16-8-4-6-14(12-16)17(18)19/h3-8,11-12H,2,9-10H2,1H3. The molecule has 0 unspecified atom stereocenters. The summed E-state index contributed by atoms with van der Waals surface area (Å²) in [5.74, 6) is 1.27. The van der Waals surface area contributed by atoms with E-state index in [1.165, 1.54) is 17.7 Å². The second-order valence-corrected chi connectivity index (χ2v) is 4.45. The van der Waals surface area contributed by atoms with Gasteiger partial charge >= 0.3 is 0 Å². The van der Waals surface area contributed by atoms with Crippen LogP contribution in [-0.2, 0) is 6.42 Å². The molecule has 0 spiro atoms. The average Bonchev–Trinajstić information content (AvgIpc) is 2.52. The van der Waals surface area contributed by atoms with Gasteiger partial charge in [0, 0.05) is 6.07 Å². The Morgan fingerprint density at radius 2 is 1.62 bits per heavy atom. The molecular weight excluding hydrogens is 270 g/mol. The third-order valence-electron chi connectivity index (χ3n) is 2.96. The fourth-order valence-corrected chi connectivity index (χ4v) is 1.86. The number of ether oxygens (including phenoxy) is 2. The fraction of sp³-hybridized carbons (Fsp3) is 0.250. The van der Waals surface area contributed by atoms with Crippen LogP contribution < -0.4 is 9.47 Å². The van der Waals surface area contributed by atoms with Crippen LogP contribution >= 0.6 is 0 Å². The third kappa shape index (κ3) is 4.49. The van der Waals surface area contributed by atoms with Crippen molar-refractivity contribution in [1.29, 1.82) is 0 Å². The van der Waals surface area contributed by atoms with Gasteiger partial charge in [0.2, 0.25) is 0 Å². The molecule has 0 radical (unpaired) electrons. The zero-order valence-corrected chi connectivity index (χ0v) is 11.8. The molecule has 5 nitrogen and oxygen atoms in total. The van der Waals surface area contributed by atoms with Gasteiger partial charge in [-0.2, -0.15) is 0 Å². The maximum absolute atomic E-state index is 10.7. The van der Waals surface area contributed by atoms with Crippen LogP contribution in [-0.4, -0.2) is 18.1 Å². The van der Waals surface area contributed by atoms with Gasteiger partial charge in [-0.05, 0) is 30.2 Å². The van der Waals surface area contributed by atoms with E-state index in [0.29, 0.717) is 19.0 Å². The molecule has 0 aliphatic heterocycles. The van der Waals surface area contributed by atoms with Crippen LogP contribution in [0.4, 0.5) is 5.69 Å². The molecule has 2 aromatic carbocycles. The van der Waals surface area contributed by atoms with Crippen LogP contribution in [0.3, 0.4) is 0 Å². The van der Waals surface area contributed by atoms with E-state index in [0.717, 1.165) is 12.2 Å². The van der Waals surface area contributed by atoms with Crippen molar-refractivity contribution in [2.24, 2.45) is 0 Å². The quantitative estimate of drug-likeness (QED) is 0.443. The Morgan fingerprint density at radius 3 is 2.24 bits per heavy atom. The molecule has 21 heavy (non-hydrogen) atoms. The lowest BCUT2D eigenvalue weighted by molar-refractivity contribution is -0.384. The molecule has 0 fully saturated rings. The summed E-state index contributed by atoms with van der Waals surface area (Å²) < 4.78 is 11.0. The summed E-state index contributed by atoms with van der Waals surface area (Å²) in [4.78, 5) is 10.2. The summed E-state index contributed by atoms with van der Waals surface area (Å²) in [6.45, 7) is 2.80. The maximum Gasteiger partial charge on any atom is 0.273 e. The topological polar surface area (TPSA) is 61.6 Å². The second-order valence-electron chi connectivity index (χ2n) is 4.45. The van der Waals surface area contributed by atoms with Gasteiger partial charge in [0.05, 0.1) is 11.0 Å². The molecule has 0 N–H and O–H groups in total. The minimum atomic E-state index is -0.445. The molecule has 0 saturated carbocycles. The van der Waals surface area contributed by atoms with Gasteiger partial charge in [0.1, 0.15) is 24.7 Å². The van der Waals surface area contributed by atoms with E-state index in [1.807, 2.05) is 24.3 Å². The highest BCUT2D eigenvalue weighted by atomic mass is 16.6. The van der Waals surface area contributed by atoms with Gasteiger partial charge in [0.15, 0.2) is 0 Å². The van der Waals surface area contributed by atoms with Gasteiger partial charge in [-0.25, -0.2) is 0 Å². The summed E-state index contributed by atoms with van der Waals surface area (Å²) in [5, 5.41) is 10.7. The van der Waals surface area contributed by atoms with Gasteiger partial charge in [-0.1, -0.05) is 25.1 Å². The Bertz CT molecular complexity index is 613. The minimum Gasteiger partial charge on any atom is -0.490 e. The minimum absolute atomic E-state index is 0.0177. The highest BCUT2D eigenvalue weighted by Crippen LogP contribution is 2.19. The SMILES string of the molecule is CCc1cccc(OCCOc2cccc([N+](=O)[O-])c2)c1. The molecule has 110 valence electrons. The normalized spacial score (nSPS) is 10.1. The molecule has 0 aliphatic carbocycles.